The Labute approximate surface area is 170 Å². The van der Waals surface area contributed by atoms with Crippen molar-refractivity contribution in [2.24, 2.45) is 0 Å². The molecule has 7 nitrogen and oxygen atoms in total. The zero-order valence-electron chi connectivity index (χ0n) is 17.0. The highest BCUT2D eigenvalue weighted by Crippen LogP contribution is 2.37. The number of nitrogens with one attached hydrogen (secondary N) is 1. The molecule has 0 radical (unpaired) electrons. The molecule has 1 N–H and O–H groups in total. The Kier molecular flexibility index (Phi) is 5.29. The number of carbonyl (C=O) groups is 1. The number of benzene rings is 1. The Hall–Kier alpha value is -3.22. The molecule has 3 heterocycles. The van der Waals surface area contributed by atoms with Crippen molar-refractivity contribution in [1.82, 2.24) is 25.1 Å². The highest BCUT2D eigenvalue weighted by Gasteiger charge is 2.35. The monoisotopic (exact) mass is 390 g/mol. The van der Waals surface area contributed by atoms with Crippen LogP contribution in [0.25, 0.3) is 11.3 Å². The van der Waals surface area contributed by atoms with Crippen molar-refractivity contribution in [3.63, 3.8) is 0 Å². The van der Waals surface area contributed by atoms with Crippen LogP contribution in [0.4, 0.5) is 5.95 Å². The first-order chi connectivity index (χ1) is 14.1. The predicted molar refractivity (Wildman–Crippen MR) is 112 cm³/mol. The lowest BCUT2D eigenvalue weighted by atomic mass is 9.98. The lowest BCUT2D eigenvalue weighted by Gasteiger charge is -2.27. The summed E-state index contributed by atoms with van der Waals surface area (Å²) in [6.07, 6.45) is 5.43. The first kappa shape index (κ1) is 19.1. The number of amides is 1. The topological polar surface area (TPSA) is 78.0 Å². The standard InChI is InChI=1S/C22H26N6O/c1-15(16-8-5-4-6-9-16)21(29)28-13-7-10-19(28)20-17(14-24-26-20)18-11-12-23-22(25-18)27(2)3/h4-6,8-9,11-12,14-15,19H,7,10,13H2,1-3H3,(H,24,26)/t15-,19+/m1/s1. The van der Waals surface area contributed by atoms with Gasteiger partial charge >= 0.3 is 0 Å². The molecule has 0 bridgehead atoms. The first-order valence-corrected chi connectivity index (χ1v) is 9.95. The summed E-state index contributed by atoms with van der Waals surface area (Å²) in [4.78, 5) is 26.1. The average molecular weight is 390 g/mol. The molecule has 7 heteroatoms. The number of hydrogen-bond acceptors (Lipinski definition) is 5. The van der Waals surface area contributed by atoms with Gasteiger partial charge in [-0.3, -0.25) is 9.89 Å². The number of likely N-dealkylation sites (tertiary alicyclic amines) is 1. The summed E-state index contributed by atoms with van der Waals surface area (Å²) in [5.74, 6) is 0.616. The van der Waals surface area contributed by atoms with E-state index in [0.29, 0.717) is 5.95 Å². The zero-order chi connectivity index (χ0) is 20.4. The van der Waals surface area contributed by atoms with E-state index in [1.54, 1.807) is 12.4 Å². The molecule has 1 saturated heterocycles. The van der Waals surface area contributed by atoms with E-state index < -0.39 is 0 Å². The van der Waals surface area contributed by atoms with Gasteiger partial charge < -0.3 is 9.80 Å². The molecule has 150 valence electrons. The van der Waals surface area contributed by atoms with Gasteiger partial charge in [0, 0.05) is 32.4 Å². The van der Waals surface area contributed by atoms with Crippen molar-refractivity contribution in [2.45, 2.75) is 31.7 Å². The molecule has 0 aliphatic carbocycles. The Morgan fingerprint density at radius 3 is 2.79 bits per heavy atom. The summed E-state index contributed by atoms with van der Waals surface area (Å²) in [5.41, 5.74) is 3.72. The van der Waals surface area contributed by atoms with E-state index >= 15 is 0 Å². The lowest BCUT2D eigenvalue weighted by molar-refractivity contribution is -0.133. The second-order valence-electron chi connectivity index (χ2n) is 7.66. The number of rotatable bonds is 5. The van der Waals surface area contributed by atoms with Gasteiger partial charge in [-0.05, 0) is 31.4 Å². The molecule has 3 aromatic rings. The second kappa shape index (κ2) is 8.03. The molecule has 1 amide bonds. The predicted octanol–water partition coefficient (Wildman–Crippen LogP) is 3.40. The summed E-state index contributed by atoms with van der Waals surface area (Å²) >= 11 is 0. The third-order valence-electron chi connectivity index (χ3n) is 5.53. The van der Waals surface area contributed by atoms with E-state index in [9.17, 15) is 4.79 Å². The lowest BCUT2D eigenvalue weighted by Crippen LogP contribution is -2.34. The molecule has 2 aromatic heterocycles. The summed E-state index contributed by atoms with van der Waals surface area (Å²) in [6, 6.07) is 11.8. The van der Waals surface area contributed by atoms with E-state index in [2.05, 4.69) is 20.2 Å². The molecule has 1 aromatic carbocycles. The maximum atomic E-state index is 13.3. The number of carbonyl (C=O) groups excluding carboxylic acids is 1. The maximum absolute atomic E-state index is 13.3. The Morgan fingerprint density at radius 1 is 1.24 bits per heavy atom. The van der Waals surface area contributed by atoms with Gasteiger partial charge in [-0.25, -0.2) is 9.97 Å². The minimum atomic E-state index is -0.178. The quantitative estimate of drug-likeness (QED) is 0.722. The third kappa shape index (κ3) is 3.72. The van der Waals surface area contributed by atoms with E-state index in [1.165, 1.54) is 0 Å². The number of hydrogen-bond donors (Lipinski definition) is 1. The number of aromatic amines is 1. The van der Waals surface area contributed by atoms with Crippen molar-refractivity contribution >= 4 is 11.9 Å². The van der Waals surface area contributed by atoms with E-state index in [1.807, 2.05) is 67.2 Å². The van der Waals surface area contributed by atoms with Crippen molar-refractivity contribution in [1.29, 1.82) is 0 Å². The smallest absolute Gasteiger partial charge is 0.230 e. The van der Waals surface area contributed by atoms with Crippen LogP contribution in [0, 0.1) is 0 Å². The van der Waals surface area contributed by atoms with Gasteiger partial charge in [-0.1, -0.05) is 30.3 Å². The van der Waals surface area contributed by atoms with E-state index in [-0.39, 0.29) is 17.9 Å². The van der Waals surface area contributed by atoms with Gasteiger partial charge in [-0.2, -0.15) is 5.10 Å². The molecule has 4 rings (SSSR count). The molecule has 1 aliphatic rings. The molecule has 0 saturated carbocycles. The van der Waals surface area contributed by atoms with Crippen LogP contribution in [0.15, 0.2) is 48.8 Å². The molecular formula is C22H26N6O. The number of nitrogens with zero attached hydrogens (tertiary/aromatic N) is 5. The highest BCUT2D eigenvalue weighted by atomic mass is 16.2. The van der Waals surface area contributed by atoms with Crippen molar-refractivity contribution in [2.75, 3.05) is 25.5 Å². The first-order valence-electron chi connectivity index (χ1n) is 9.95. The third-order valence-corrected chi connectivity index (χ3v) is 5.53. The number of anilines is 1. The second-order valence-corrected chi connectivity index (χ2v) is 7.66. The number of aromatic nitrogens is 4. The SMILES string of the molecule is C[C@@H](C(=O)N1CCC[C@H]1c1[nH]ncc1-c1ccnc(N(C)C)n1)c1ccccc1. The molecule has 2 atom stereocenters. The fourth-order valence-corrected chi connectivity index (χ4v) is 3.93. The normalized spacial score (nSPS) is 17.3. The Balaban J connectivity index is 1.63. The van der Waals surface area contributed by atoms with Gasteiger partial charge in [0.2, 0.25) is 11.9 Å². The van der Waals surface area contributed by atoms with Crippen molar-refractivity contribution in [3.05, 3.63) is 60.0 Å². The van der Waals surface area contributed by atoms with Crippen molar-refractivity contribution < 1.29 is 4.79 Å². The van der Waals surface area contributed by atoms with Gasteiger partial charge in [0.25, 0.3) is 0 Å². The van der Waals surface area contributed by atoms with E-state index in [0.717, 1.165) is 41.9 Å². The van der Waals surface area contributed by atoms with Crippen LogP contribution in [0.5, 0.6) is 0 Å². The average Bonchev–Trinajstić information content (AvgIpc) is 3.42. The summed E-state index contributed by atoms with van der Waals surface area (Å²) in [5, 5.41) is 7.42. The van der Waals surface area contributed by atoms with Crippen LogP contribution >= 0.6 is 0 Å². The van der Waals surface area contributed by atoms with Gasteiger partial charge in [-0.15, -0.1) is 0 Å². The molecule has 0 unspecified atom stereocenters. The molecule has 1 fully saturated rings. The Morgan fingerprint density at radius 2 is 2.03 bits per heavy atom. The minimum absolute atomic E-state index is 0.0241. The summed E-state index contributed by atoms with van der Waals surface area (Å²) < 4.78 is 0. The van der Waals surface area contributed by atoms with E-state index in [4.69, 9.17) is 0 Å². The van der Waals surface area contributed by atoms with Crippen LogP contribution in [0.2, 0.25) is 0 Å². The number of H-pyrrole nitrogens is 1. The van der Waals surface area contributed by atoms with Crippen LogP contribution in [0.1, 0.15) is 43.0 Å². The largest absolute Gasteiger partial charge is 0.347 e. The van der Waals surface area contributed by atoms with Gasteiger partial charge in [0.05, 0.1) is 29.5 Å². The van der Waals surface area contributed by atoms with Crippen molar-refractivity contribution in [3.8, 4) is 11.3 Å². The molecule has 29 heavy (non-hydrogen) atoms. The fourth-order valence-electron chi connectivity index (χ4n) is 3.93. The minimum Gasteiger partial charge on any atom is -0.347 e. The van der Waals surface area contributed by atoms with Gasteiger partial charge in [0.15, 0.2) is 0 Å². The highest BCUT2D eigenvalue weighted by molar-refractivity contribution is 5.84. The van der Waals surface area contributed by atoms with Crippen LogP contribution in [0.3, 0.4) is 0 Å². The summed E-state index contributed by atoms with van der Waals surface area (Å²) in [6.45, 7) is 2.74. The van der Waals surface area contributed by atoms with Crippen LogP contribution < -0.4 is 4.90 Å². The summed E-state index contributed by atoms with van der Waals surface area (Å²) in [7, 11) is 3.83. The van der Waals surface area contributed by atoms with Crippen LogP contribution in [-0.4, -0.2) is 51.6 Å². The fraction of sp³-hybridized carbons (Fsp3) is 0.364. The maximum Gasteiger partial charge on any atom is 0.230 e. The molecule has 1 aliphatic heterocycles. The molecule has 0 spiro atoms. The van der Waals surface area contributed by atoms with Gasteiger partial charge in [0.1, 0.15) is 0 Å². The Bertz CT molecular complexity index is 984. The van der Waals surface area contributed by atoms with Crippen LogP contribution in [-0.2, 0) is 4.79 Å². The zero-order valence-corrected chi connectivity index (χ0v) is 17.0. The molecular weight excluding hydrogens is 364 g/mol.